The molecule has 0 aromatic heterocycles. The van der Waals surface area contributed by atoms with Crippen LogP contribution in [0.15, 0.2) is 94.7 Å². The number of amides is 1. The van der Waals surface area contributed by atoms with Gasteiger partial charge in [0.05, 0.1) is 10.6 Å². The van der Waals surface area contributed by atoms with E-state index < -0.39 is 9.84 Å². The smallest absolute Gasteiger partial charge is 0.251 e. The van der Waals surface area contributed by atoms with Crippen molar-refractivity contribution in [3.05, 3.63) is 96.1 Å². The molecule has 0 radical (unpaired) electrons. The number of sulfone groups is 1. The summed E-state index contributed by atoms with van der Waals surface area (Å²) in [6.45, 7) is 0.558. The molecule has 0 aliphatic carbocycles. The zero-order valence-electron chi connectivity index (χ0n) is 15.2. The molecule has 144 valence electrons. The van der Waals surface area contributed by atoms with Gasteiger partial charge in [0.15, 0.2) is 9.84 Å². The number of nitrogens with one attached hydrogen (secondary N) is 1. The van der Waals surface area contributed by atoms with Gasteiger partial charge in [-0.3, -0.25) is 4.79 Å². The first-order chi connectivity index (χ1) is 13.5. The SMILES string of the molecule is O=C(NCCSc1ccccc1)c1ccc(CS(=O)(=O)c2ccccc2)cc1. The molecule has 6 heteroatoms. The van der Waals surface area contributed by atoms with Crippen molar-refractivity contribution < 1.29 is 13.2 Å². The lowest BCUT2D eigenvalue weighted by molar-refractivity contribution is 0.0956. The van der Waals surface area contributed by atoms with Gasteiger partial charge in [0.1, 0.15) is 0 Å². The van der Waals surface area contributed by atoms with Gasteiger partial charge in [0, 0.05) is 22.8 Å². The third-order valence-corrected chi connectivity index (χ3v) is 6.79. The summed E-state index contributed by atoms with van der Waals surface area (Å²) in [6.07, 6.45) is 0. The molecule has 0 aliphatic rings. The van der Waals surface area contributed by atoms with E-state index >= 15 is 0 Å². The van der Waals surface area contributed by atoms with Crippen molar-refractivity contribution >= 4 is 27.5 Å². The van der Waals surface area contributed by atoms with E-state index in [9.17, 15) is 13.2 Å². The van der Waals surface area contributed by atoms with Crippen LogP contribution in [0.25, 0.3) is 0 Å². The Kier molecular flexibility index (Phi) is 6.90. The molecule has 4 nitrogen and oxygen atoms in total. The molecule has 0 heterocycles. The lowest BCUT2D eigenvalue weighted by Crippen LogP contribution is -2.25. The van der Waals surface area contributed by atoms with E-state index in [4.69, 9.17) is 0 Å². The topological polar surface area (TPSA) is 63.2 Å². The van der Waals surface area contributed by atoms with Gasteiger partial charge in [-0.25, -0.2) is 8.42 Å². The van der Waals surface area contributed by atoms with Crippen LogP contribution in [0.4, 0.5) is 0 Å². The summed E-state index contributed by atoms with van der Waals surface area (Å²) in [5.41, 5.74) is 1.17. The van der Waals surface area contributed by atoms with Gasteiger partial charge in [-0.15, -0.1) is 11.8 Å². The highest BCUT2D eigenvalue weighted by Crippen LogP contribution is 2.17. The molecule has 1 amide bonds. The molecule has 3 aromatic carbocycles. The molecule has 0 aliphatic heterocycles. The van der Waals surface area contributed by atoms with Crippen LogP contribution in [-0.4, -0.2) is 26.6 Å². The molecule has 0 spiro atoms. The Labute approximate surface area is 169 Å². The van der Waals surface area contributed by atoms with Gasteiger partial charge in [0.25, 0.3) is 5.91 Å². The average Bonchev–Trinajstić information content (AvgIpc) is 2.73. The predicted octanol–water partition coefficient (Wildman–Crippen LogP) is 4.18. The normalized spacial score (nSPS) is 11.1. The molecule has 0 saturated heterocycles. The Hall–Kier alpha value is -2.57. The van der Waals surface area contributed by atoms with Crippen LogP contribution in [0.5, 0.6) is 0 Å². The predicted molar refractivity (Wildman–Crippen MR) is 113 cm³/mol. The van der Waals surface area contributed by atoms with Crippen LogP contribution in [0, 0.1) is 0 Å². The standard InChI is InChI=1S/C22H21NO3S2/c24-22(23-15-16-27-20-7-3-1-4-8-20)19-13-11-18(12-14-19)17-28(25,26)21-9-5-2-6-10-21/h1-14H,15-17H2,(H,23,24). The van der Waals surface area contributed by atoms with Gasteiger partial charge >= 0.3 is 0 Å². The largest absolute Gasteiger partial charge is 0.351 e. The fourth-order valence-electron chi connectivity index (χ4n) is 2.64. The second kappa shape index (κ2) is 9.57. The van der Waals surface area contributed by atoms with Crippen molar-refractivity contribution in [2.45, 2.75) is 15.5 Å². The third kappa shape index (κ3) is 5.71. The number of carbonyl (C=O) groups excluding carboxylic acids is 1. The van der Waals surface area contributed by atoms with Gasteiger partial charge in [0.2, 0.25) is 0 Å². The Balaban J connectivity index is 1.51. The van der Waals surface area contributed by atoms with Crippen molar-refractivity contribution in [2.24, 2.45) is 0 Å². The zero-order chi connectivity index (χ0) is 19.8. The van der Waals surface area contributed by atoms with Crippen molar-refractivity contribution in [2.75, 3.05) is 12.3 Å². The molecule has 3 rings (SSSR count). The number of carbonyl (C=O) groups is 1. The number of hydrogen-bond donors (Lipinski definition) is 1. The monoisotopic (exact) mass is 411 g/mol. The van der Waals surface area contributed by atoms with E-state index in [1.54, 1.807) is 66.4 Å². The van der Waals surface area contributed by atoms with E-state index in [0.717, 1.165) is 5.75 Å². The van der Waals surface area contributed by atoms with Crippen LogP contribution in [0.3, 0.4) is 0 Å². The van der Waals surface area contributed by atoms with Crippen molar-refractivity contribution in [1.82, 2.24) is 5.32 Å². The molecule has 3 aromatic rings. The maximum absolute atomic E-state index is 12.4. The maximum atomic E-state index is 12.4. The molecule has 0 saturated carbocycles. The van der Waals surface area contributed by atoms with Crippen LogP contribution in [0.2, 0.25) is 0 Å². The molecule has 0 atom stereocenters. The third-order valence-electron chi connectivity index (χ3n) is 4.07. The number of rotatable bonds is 8. The van der Waals surface area contributed by atoms with Crippen LogP contribution in [0.1, 0.15) is 15.9 Å². The van der Waals surface area contributed by atoms with Crippen molar-refractivity contribution in [3.63, 3.8) is 0 Å². The first-order valence-corrected chi connectivity index (χ1v) is 11.5. The summed E-state index contributed by atoms with van der Waals surface area (Å²) in [5.74, 6) is 0.529. The number of benzene rings is 3. The van der Waals surface area contributed by atoms with E-state index in [1.807, 2.05) is 30.3 Å². The van der Waals surface area contributed by atoms with Gasteiger partial charge in [-0.2, -0.15) is 0 Å². The quantitative estimate of drug-likeness (QED) is 0.446. The Morgan fingerprint density at radius 1 is 0.821 bits per heavy atom. The lowest BCUT2D eigenvalue weighted by Gasteiger charge is -2.07. The summed E-state index contributed by atoms with van der Waals surface area (Å²) >= 11 is 1.68. The Morgan fingerprint density at radius 2 is 1.43 bits per heavy atom. The average molecular weight is 412 g/mol. The summed E-state index contributed by atoms with van der Waals surface area (Å²) in [7, 11) is -3.39. The van der Waals surface area contributed by atoms with E-state index in [-0.39, 0.29) is 11.7 Å². The first kappa shape index (κ1) is 20.2. The molecule has 0 fully saturated rings. The highest BCUT2D eigenvalue weighted by atomic mass is 32.2. The minimum Gasteiger partial charge on any atom is -0.351 e. The highest BCUT2D eigenvalue weighted by Gasteiger charge is 2.15. The molecular weight excluding hydrogens is 390 g/mol. The second-order valence-electron chi connectivity index (χ2n) is 6.19. The molecule has 1 N–H and O–H groups in total. The minimum atomic E-state index is -3.39. The van der Waals surface area contributed by atoms with Gasteiger partial charge < -0.3 is 5.32 Å². The summed E-state index contributed by atoms with van der Waals surface area (Å²) < 4.78 is 24.9. The maximum Gasteiger partial charge on any atom is 0.251 e. The van der Waals surface area contributed by atoms with Crippen molar-refractivity contribution in [3.8, 4) is 0 Å². The Bertz CT molecular complexity index is 1000. The minimum absolute atomic E-state index is 0.0906. The number of thioether (sulfide) groups is 1. The summed E-state index contributed by atoms with van der Waals surface area (Å²) in [6, 6.07) is 25.1. The van der Waals surface area contributed by atoms with E-state index in [2.05, 4.69) is 5.32 Å². The molecule has 28 heavy (non-hydrogen) atoms. The molecule has 0 unspecified atom stereocenters. The van der Waals surface area contributed by atoms with Crippen LogP contribution < -0.4 is 5.32 Å². The highest BCUT2D eigenvalue weighted by molar-refractivity contribution is 7.99. The zero-order valence-corrected chi connectivity index (χ0v) is 16.9. The van der Waals surface area contributed by atoms with Crippen LogP contribution in [-0.2, 0) is 15.6 Å². The fraction of sp³-hybridized carbons (Fsp3) is 0.136. The summed E-state index contributed by atoms with van der Waals surface area (Å²) in [4.78, 5) is 13.7. The van der Waals surface area contributed by atoms with Crippen molar-refractivity contribution in [1.29, 1.82) is 0 Å². The van der Waals surface area contributed by atoms with E-state index in [0.29, 0.717) is 22.6 Å². The molecule has 0 bridgehead atoms. The van der Waals surface area contributed by atoms with E-state index in [1.165, 1.54) is 4.90 Å². The molecular formula is C22H21NO3S2. The Morgan fingerprint density at radius 3 is 2.07 bits per heavy atom. The van der Waals surface area contributed by atoms with Gasteiger partial charge in [-0.1, -0.05) is 48.5 Å². The fourth-order valence-corrected chi connectivity index (χ4v) is 4.79. The lowest BCUT2D eigenvalue weighted by atomic mass is 10.1. The summed E-state index contributed by atoms with van der Waals surface area (Å²) in [5, 5.41) is 2.88. The first-order valence-electron chi connectivity index (χ1n) is 8.87. The second-order valence-corrected chi connectivity index (χ2v) is 9.34. The number of hydrogen-bond acceptors (Lipinski definition) is 4. The van der Waals surface area contributed by atoms with Gasteiger partial charge in [-0.05, 0) is 42.0 Å². The van der Waals surface area contributed by atoms with Crippen LogP contribution >= 0.6 is 11.8 Å².